The van der Waals surface area contributed by atoms with E-state index in [1.807, 2.05) is 25.1 Å². The van der Waals surface area contributed by atoms with E-state index in [9.17, 15) is 0 Å². The van der Waals surface area contributed by atoms with Gasteiger partial charge in [0.15, 0.2) is 0 Å². The zero-order chi connectivity index (χ0) is 12.3. The Bertz CT molecular complexity index is 531. The molecule has 0 spiro atoms. The summed E-state index contributed by atoms with van der Waals surface area (Å²) in [4.78, 5) is 8.00. The van der Waals surface area contributed by atoms with E-state index in [1.165, 1.54) is 6.33 Å². The van der Waals surface area contributed by atoms with Crippen LogP contribution in [0.25, 0.3) is 0 Å². The number of rotatable bonds is 3. The van der Waals surface area contributed by atoms with E-state index in [2.05, 4.69) is 25.9 Å². The fourth-order valence-corrected chi connectivity index (χ4v) is 1.89. The predicted molar refractivity (Wildman–Crippen MR) is 68.9 cm³/mol. The molecule has 0 aliphatic rings. The number of aromatic nitrogens is 2. The van der Waals surface area contributed by atoms with Crippen molar-refractivity contribution in [2.45, 2.75) is 13.5 Å². The molecular formula is C12H12BrN3O. The van der Waals surface area contributed by atoms with Gasteiger partial charge in [0.1, 0.15) is 12.1 Å². The Balaban J connectivity index is 2.31. The largest absolute Gasteiger partial charge is 0.438 e. The van der Waals surface area contributed by atoms with Crippen molar-refractivity contribution in [3.8, 4) is 11.6 Å². The van der Waals surface area contributed by atoms with Crippen molar-refractivity contribution in [3.63, 3.8) is 0 Å². The van der Waals surface area contributed by atoms with Gasteiger partial charge in [-0.05, 0) is 30.7 Å². The summed E-state index contributed by atoms with van der Waals surface area (Å²) in [5, 5.41) is 0. The minimum Gasteiger partial charge on any atom is -0.438 e. The number of ether oxygens (including phenoxy) is 1. The highest BCUT2D eigenvalue weighted by atomic mass is 79.9. The van der Waals surface area contributed by atoms with E-state index in [1.54, 1.807) is 6.20 Å². The van der Waals surface area contributed by atoms with Crippen molar-refractivity contribution >= 4 is 15.9 Å². The van der Waals surface area contributed by atoms with E-state index >= 15 is 0 Å². The number of nitrogens with two attached hydrogens (primary N) is 1. The molecule has 0 saturated carbocycles. The average molecular weight is 294 g/mol. The maximum absolute atomic E-state index is 5.73. The van der Waals surface area contributed by atoms with Crippen molar-refractivity contribution in [3.05, 3.63) is 46.3 Å². The first-order valence-corrected chi connectivity index (χ1v) is 5.93. The summed E-state index contributed by atoms with van der Waals surface area (Å²) >= 11 is 3.41. The van der Waals surface area contributed by atoms with Gasteiger partial charge in [-0.25, -0.2) is 9.97 Å². The lowest BCUT2D eigenvalue weighted by Crippen LogP contribution is -2.02. The van der Waals surface area contributed by atoms with E-state index in [0.717, 1.165) is 21.3 Å². The monoisotopic (exact) mass is 293 g/mol. The Morgan fingerprint density at radius 1 is 1.41 bits per heavy atom. The van der Waals surface area contributed by atoms with Gasteiger partial charge < -0.3 is 10.5 Å². The van der Waals surface area contributed by atoms with Crippen molar-refractivity contribution in [1.82, 2.24) is 9.97 Å². The van der Waals surface area contributed by atoms with Gasteiger partial charge in [-0.2, -0.15) is 0 Å². The molecule has 2 N–H and O–H groups in total. The maximum Gasteiger partial charge on any atom is 0.226 e. The van der Waals surface area contributed by atoms with Crippen LogP contribution in [0.2, 0.25) is 0 Å². The summed E-state index contributed by atoms with van der Waals surface area (Å²) in [5.74, 6) is 1.27. The van der Waals surface area contributed by atoms with Crippen LogP contribution in [0, 0.1) is 6.92 Å². The van der Waals surface area contributed by atoms with Crippen molar-refractivity contribution in [2.75, 3.05) is 0 Å². The van der Waals surface area contributed by atoms with Crippen LogP contribution in [0.5, 0.6) is 11.6 Å². The van der Waals surface area contributed by atoms with Gasteiger partial charge >= 0.3 is 0 Å². The molecule has 0 amide bonds. The first-order valence-electron chi connectivity index (χ1n) is 5.13. The molecule has 0 bridgehead atoms. The van der Waals surface area contributed by atoms with Gasteiger partial charge in [0, 0.05) is 22.8 Å². The molecule has 0 unspecified atom stereocenters. The number of hydrogen-bond donors (Lipinski definition) is 1. The molecule has 0 aliphatic carbocycles. The van der Waals surface area contributed by atoms with Crippen molar-refractivity contribution in [2.24, 2.45) is 5.73 Å². The van der Waals surface area contributed by atoms with Crippen LogP contribution in [0.3, 0.4) is 0 Å². The summed E-state index contributed by atoms with van der Waals surface area (Å²) in [6.07, 6.45) is 3.11. The topological polar surface area (TPSA) is 61.0 Å². The minimum atomic E-state index is 0.353. The van der Waals surface area contributed by atoms with E-state index in [0.29, 0.717) is 12.4 Å². The van der Waals surface area contributed by atoms with Crippen LogP contribution in [0.1, 0.15) is 11.1 Å². The van der Waals surface area contributed by atoms with Crippen LogP contribution in [-0.2, 0) is 6.54 Å². The summed E-state index contributed by atoms with van der Waals surface area (Å²) < 4.78 is 6.75. The Kier molecular flexibility index (Phi) is 3.71. The van der Waals surface area contributed by atoms with Gasteiger partial charge in [-0.3, -0.25) is 0 Å². The molecule has 0 fully saturated rings. The summed E-state index contributed by atoms with van der Waals surface area (Å²) in [6, 6.07) is 5.80. The molecule has 1 heterocycles. The molecular weight excluding hydrogens is 282 g/mol. The SMILES string of the molecule is Cc1cc(Br)ccc1Oc1ncncc1CN. The Labute approximate surface area is 108 Å². The molecule has 0 aliphatic heterocycles. The minimum absolute atomic E-state index is 0.353. The number of aryl methyl sites for hydroxylation is 1. The van der Waals surface area contributed by atoms with Crippen LogP contribution < -0.4 is 10.5 Å². The fourth-order valence-electron chi connectivity index (χ4n) is 1.41. The van der Waals surface area contributed by atoms with Crippen LogP contribution in [0.4, 0.5) is 0 Å². The Morgan fingerprint density at radius 3 is 2.94 bits per heavy atom. The molecule has 4 nitrogen and oxygen atoms in total. The molecule has 2 aromatic rings. The second-order valence-corrected chi connectivity index (χ2v) is 4.48. The van der Waals surface area contributed by atoms with Crippen LogP contribution >= 0.6 is 15.9 Å². The Morgan fingerprint density at radius 2 is 2.24 bits per heavy atom. The molecule has 0 atom stereocenters. The second kappa shape index (κ2) is 5.25. The molecule has 0 saturated heterocycles. The highest BCUT2D eigenvalue weighted by Crippen LogP contribution is 2.27. The quantitative estimate of drug-likeness (QED) is 0.945. The number of benzene rings is 1. The Hall–Kier alpha value is -1.46. The standard InChI is InChI=1S/C12H12BrN3O/c1-8-4-10(13)2-3-11(8)17-12-9(5-14)6-15-7-16-12/h2-4,6-7H,5,14H2,1H3. The van der Waals surface area contributed by atoms with Crippen molar-refractivity contribution in [1.29, 1.82) is 0 Å². The van der Waals surface area contributed by atoms with Gasteiger partial charge in [0.2, 0.25) is 5.88 Å². The highest BCUT2D eigenvalue weighted by molar-refractivity contribution is 9.10. The molecule has 2 rings (SSSR count). The third kappa shape index (κ3) is 2.81. The number of halogens is 1. The van der Waals surface area contributed by atoms with Crippen LogP contribution in [0.15, 0.2) is 35.2 Å². The fraction of sp³-hybridized carbons (Fsp3) is 0.167. The molecule has 1 aromatic carbocycles. The van der Waals surface area contributed by atoms with Gasteiger partial charge in [0.05, 0.1) is 0 Å². The summed E-state index contributed by atoms with van der Waals surface area (Å²) in [6.45, 7) is 2.33. The molecule has 88 valence electrons. The highest BCUT2D eigenvalue weighted by Gasteiger charge is 2.07. The zero-order valence-corrected chi connectivity index (χ0v) is 10.9. The summed E-state index contributed by atoms with van der Waals surface area (Å²) in [5.41, 5.74) is 7.41. The molecule has 17 heavy (non-hydrogen) atoms. The third-order valence-electron chi connectivity index (χ3n) is 2.31. The lowest BCUT2D eigenvalue weighted by molar-refractivity contribution is 0.451. The number of nitrogens with zero attached hydrogens (tertiary/aromatic N) is 2. The van der Waals surface area contributed by atoms with E-state index in [4.69, 9.17) is 10.5 Å². The van der Waals surface area contributed by atoms with Gasteiger partial charge in [-0.1, -0.05) is 15.9 Å². The summed E-state index contributed by atoms with van der Waals surface area (Å²) in [7, 11) is 0. The maximum atomic E-state index is 5.73. The van der Waals surface area contributed by atoms with Crippen LogP contribution in [-0.4, -0.2) is 9.97 Å². The van der Waals surface area contributed by atoms with E-state index in [-0.39, 0.29) is 0 Å². The first kappa shape index (κ1) is 12.0. The lowest BCUT2D eigenvalue weighted by atomic mass is 10.2. The number of hydrogen-bond acceptors (Lipinski definition) is 4. The van der Waals surface area contributed by atoms with E-state index < -0.39 is 0 Å². The second-order valence-electron chi connectivity index (χ2n) is 3.57. The lowest BCUT2D eigenvalue weighted by Gasteiger charge is -2.10. The smallest absolute Gasteiger partial charge is 0.226 e. The first-order chi connectivity index (χ1) is 8.20. The van der Waals surface area contributed by atoms with Crippen molar-refractivity contribution < 1.29 is 4.74 Å². The van der Waals surface area contributed by atoms with Gasteiger partial charge in [-0.15, -0.1) is 0 Å². The normalized spacial score (nSPS) is 10.3. The zero-order valence-electron chi connectivity index (χ0n) is 9.35. The predicted octanol–water partition coefficient (Wildman–Crippen LogP) is 2.80. The van der Waals surface area contributed by atoms with Gasteiger partial charge in [0.25, 0.3) is 0 Å². The molecule has 0 radical (unpaired) electrons. The molecule has 5 heteroatoms. The molecule has 1 aromatic heterocycles. The third-order valence-corrected chi connectivity index (χ3v) is 2.80. The average Bonchev–Trinajstić information content (AvgIpc) is 2.33.